The lowest BCUT2D eigenvalue weighted by Gasteiger charge is -2.04. The van der Waals surface area contributed by atoms with Crippen molar-refractivity contribution in [3.05, 3.63) is 70.3 Å². The molecule has 3 rings (SSSR count). The van der Waals surface area contributed by atoms with Crippen molar-refractivity contribution in [2.45, 2.75) is 0 Å². The summed E-state index contributed by atoms with van der Waals surface area (Å²) in [5, 5.41) is 0.785. The second-order valence-corrected chi connectivity index (χ2v) is 5.32. The number of carbonyl (C=O) groups is 2. The fourth-order valence-corrected chi connectivity index (χ4v) is 2.46. The number of aromatic nitrogens is 1. The monoisotopic (exact) mass is 327 g/mol. The van der Waals surface area contributed by atoms with E-state index in [4.69, 9.17) is 0 Å². The molecule has 0 saturated heterocycles. The number of halogens is 1. The highest BCUT2D eigenvalue weighted by Gasteiger charge is 2.14. The van der Waals surface area contributed by atoms with Crippen molar-refractivity contribution in [3.8, 4) is 0 Å². The molecule has 0 saturated carbocycles. The first-order valence-electron chi connectivity index (χ1n) is 6.06. The third kappa shape index (κ3) is 2.08. The van der Waals surface area contributed by atoms with Crippen LogP contribution < -0.4 is 0 Å². The zero-order valence-electron chi connectivity index (χ0n) is 10.4. The SMILES string of the molecule is O=Cc1cn(C(=O)c2ccc(Br)cc2)c2ccccc12. The van der Waals surface area contributed by atoms with Gasteiger partial charge in [-0.3, -0.25) is 14.2 Å². The summed E-state index contributed by atoms with van der Waals surface area (Å²) in [6.07, 6.45) is 2.36. The predicted molar refractivity (Wildman–Crippen MR) is 81.2 cm³/mol. The lowest BCUT2D eigenvalue weighted by molar-refractivity contribution is 0.0965. The first-order chi connectivity index (χ1) is 9.70. The van der Waals surface area contributed by atoms with Crippen LogP contribution in [0.4, 0.5) is 0 Å². The summed E-state index contributed by atoms with van der Waals surface area (Å²) < 4.78 is 2.43. The quantitative estimate of drug-likeness (QED) is 0.669. The summed E-state index contributed by atoms with van der Waals surface area (Å²) in [5.74, 6) is -0.151. The summed E-state index contributed by atoms with van der Waals surface area (Å²) in [4.78, 5) is 23.6. The van der Waals surface area contributed by atoms with Gasteiger partial charge in [-0.2, -0.15) is 0 Å². The largest absolute Gasteiger partial charge is 0.298 e. The van der Waals surface area contributed by atoms with Crippen LogP contribution in [-0.4, -0.2) is 16.8 Å². The molecule has 0 bridgehead atoms. The molecule has 0 aliphatic rings. The minimum Gasteiger partial charge on any atom is -0.298 e. The van der Waals surface area contributed by atoms with Gasteiger partial charge in [-0.25, -0.2) is 0 Å². The van der Waals surface area contributed by atoms with Crippen molar-refractivity contribution < 1.29 is 9.59 Å². The second kappa shape index (κ2) is 5.06. The van der Waals surface area contributed by atoms with Crippen LogP contribution in [0.25, 0.3) is 10.9 Å². The molecule has 1 aromatic heterocycles. The Morgan fingerprint density at radius 3 is 2.45 bits per heavy atom. The van der Waals surface area contributed by atoms with Crippen LogP contribution in [-0.2, 0) is 0 Å². The van der Waals surface area contributed by atoms with E-state index in [9.17, 15) is 9.59 Å². The minimum absolute atomic E-state index is 0.151. The number of carbonyl (C=O) groups excluding carboxylic acids is 2. The molecule has 0 atom stereocenters. The molecule has 98 valence electrons. The molecule has 1 heterocycles. The average molecular weight is 328 g/mol. The fourth-order valence-electron chi connectivity index (χ4n) is 2.20. The number of hydrogen-bond donors (Lipinski definition) is 0. The molecule has 0 fully saturated rings. The van der Waals surface area contributed by atoms with Crippen molar-refractivity contribution in [2.75, 3.05) is 0 Å². The maximum absolute atomic E-state index is 12.5. The number of rotatable bonds is 2. The zero-order chi connectivity index (χ0) is 14.1. The molecule has 20 heavy (non-hydrogen) atoms. The molecule has 0 amide bonds. The van der Waals surface area contributed by atoms with Crippen LogP contribution in [0, 0.1) is 0 Å². The van der Waals surface area contributed by atoms with E-state index in [0.717, 1.165) is 21.7 Å². The third-order valence-electron chi connectivity index (χ3n) is 3.18. The second-order valence-electron chi connectivity index (χ2n) is 4.40. The average Bonchev–Trinajstić information content (AvgIpc) is 2.86. The molecule has 0 N–H and O–H groups in total. The number of fused-ring (bicyclic) bond motifs is 1. The summed E-state index contributed by atoms with van der Waals surface area (Å²) in [5.41, 5.74) is 1.83. The molecular weight excluding hydrogens is 318 g/mol. The molecule has 0 spiro atoms. The molecular formula is C16H10BrNO2. The van der Waals surface area contributed by atoms with E-state index >= 15 is 0 Å². The van der Waals surface area contributed by atoms with E-state index in [1.54, 1.807) is 18.3 Å². The van der Waals surface area contributed by atoms with Crippen LogP contribution in [0.5, 0.6) is 0 Å². The van der Waals surface area contributed by atoms with Gasteiger partial charge in [-0.05, 0) is 30.3 Å². The standard InChI is InChI=1S/C16H10BrNO2/c17-13-7-5-11(6-8-13)16(20)18-9-12(10-19)14-3-1-2-4-15(14)18/h1-10H. The normalized spacial score (nSPS) is 10.7. The maximum Gasteiger partial charge on any atom is 0.262 e. The lowest BCUT2D eigenvalue weighted by atomic mass is 10.2. The minimum atomic E-state index is -0.151. The van der Waals surface area contributed by atoms with Gasteiger partial charge in [0.25, 0.3) is 5.91 Å². The van der Waals surface area contributed by atoms with E-state index in [1.165, 1.54) is 4.57 Å². The summed E-state index contributed by atoms with van der Waals surface area (Å²) >= 11 is 3.34. The molecule has 3 nitrogen and oxygen atoms in total. The van der Waals surface area contributed by atoms with E-state index in [-0.39, 0.29) is 5.91 Å². The Balaban J connectivity index is 2.17. The summed E-state index contributed by atoms with van der Waals surface area (Å²) in [6, 6.07) is 14.5. The third-order valence-corrected chi connectivity index (χ3v) is 3.71. The molecule has 0 radical (unpaired) electrons. The molecule has 0 aliphatic heterocycles. The number of para-hydroxylation sites is 1. The Morgan fingerprint density at radius 2 is 1.75 bits per heavy atom. The van der Waals surface area contributed by atoms with Crippen molar-refractivity contribution in [1.29, 1.82) is 0 Å². The van der Waals surface area contributed by atoms with E-state index in [2.05, 4.69) is 15.9 Å². The topological polar surface area (TPSA) is 39.1 Å². The van der Waals surface area contributed by atoms with Gasteiger partial charge in [0.15, 0.2) is 6.29 Å². The Hall–Kier alpha value is -2.20. The molecule has 0 unspecified atom stereocenters. The van der Waals surface area contributed by atoms with Crippen LogP contribution in [0.15, 0.2) is 59.2 Å². The molecule has 2 aromatic carbocycles. The van der Waals surface area contributed by atoms with E-state index in [0.29, 0.717) is 11.1 Å². The highest BCUT2D eigenvalue weighted by atomic mass is 79.9. The zero-order valence-corrected chi connectivity index (χ0v) is 12.0. The highest BCUT2D eigenvalue weighted by molar-refractivity contribution is 9.10. The highest BCUT2D eigenvalue weighted by Crippen LogP contribution is 2.21. The van der Waals surface area contributed by atoms with Gasteiger partial charge >= 0.3 is 0 Å². The lowest BCUT2D eigenvalue weighted by Crippen LogP contribution is -2.10. The summed E-state index contributed by atoms with van der Waals surface area (Å²) in [7, 11) is 0. The first-order valence-corrected chi connectivity index (χ1v) is 6.85. The first kappa shape index (κ1) is 12.8. The van der Waals surface area contributed by atoms with E-state index in [1.807, 2.05) is 36.4 Å². The van der Waals surface area contributed by atoms with Gasteiger partial charge in [0.05, 0.1) is 5.52 Å². The van der Waals surface area contributed by atoms with Crippen molar-refractivity contribution >= 4 is 39.0 Å². The van der Waals surface area contributed by atoms with Crippen molar-refractivity contribution in [1.82, 2.24) is 4.57 Å². The molecule has 4 heteroatoms. The predicted octanol–water partition coefficient (Wildman–Crippen LogP) is 3.90. The maximum atomic E-state index is 12.5. The van der Waals surface area contributed by atoms with Crippen LogP contribution in [0.1, 0.15) is 20.7 Å². The smallest absolute Gasteiger partial charge is 0.262 e. The number of aldehydes is 1. The Morgan fingerprint density at radius 1 is 1.05 bits per heavy atom. The Kier molecular flexibility index (Phi) is 3.24. The number of benzene rings is 2. The molecule has 3 aromatic rings. The van der Waals surface area contributed by atoms with Gasteiger partial charge in [-0.15, -0.1) is 0 Å². The molecule has 0 aliphatic carbocycles. The van der Waals surface area contributed by atoms with Gasteiger partial charge < -0.3 is 0 Å². The van der Waals surface area contributed by atoms with Gasteiger partial charge in [-0.1, -0.05) is 34.1 Å². The van der Waals surface area contributed by atoms with Crippen LogP contribution in [0.2, 0.25) is 0 Å². The van der Waals surface area contributed by atoms with Gasteiger partial charge in [0.1, 0.15) is 0 Å². The summed E-state index contributed by atoms with van der Waals surface area (Å²) in [6.45, 7) is 0. The van der Waals surface area contributed by atoms with Gasteiger partial charge in [0, 0.05) is 27.2 Å². The van der Waals surface area contributed by atoms with Crippen molar-refractivity contribution in [2.24, 2.45) is 0 Å². The van der Waals surface area contributed by atoms with Gasteiger partial charge in [0.2, 0.25) is 0 Å². The number of nitrogens with zero attached hydrogens (tertiary/aromatic N) is 1. The van der Waals surface area contributed by atoms with Crippen molar-refractivity contribution in [3.63, 3.8) is 0 Å². The number of hydrogen-bond acceptors (Lipinski definition) is 2. The van der Waals surface area contributed by atoms with Crippen LogP contribution >= 0.6 is 15.9 Å². The van der Waals surface area contributed by atoms with E-state index < -0.39 is 0 Å². The fraction of sp³-hybridized carbons (Fsp3) is 0. The Labute approximate surface area is 124 Å². The van der Waals surface area contributed by atoms with Crippen LogP contribution in [0.3, 0.4) is 0 Å². The Bertz CT molecular complexity index is 803.